The van der Waals surface area contributed by atoms with E-state index in [1.807, 2.05) is 11.8 Å². The van der Waals surface area contributed by atoms with Crippen molar-refractivity contribution in [3.8, 4) is 0 Å². The molecular formula is C5H10N2O. The van der Waals surface area contributed by atoms with Gasteiger partial charge in [-0.15, -0.1) is 0 Å². The van der Waals surface area contributed by atoms with Gasteiger partial charge in [0.25, 0.3) is 0 Å². The molecule has 0 aromatic rings. The van der Waals surface area contributed by atoms with Crippen LogP contribution < -0.4 is 5.73 Å². The Morgan fingerprint density at radius 2 is 2.25 bits per heavy atom. The van der Waals surface area contributed by atoms with Crippen molar-refractivity contribution in [2.45, 2.75) is 13.0 Å². The highest BCUT2D eigenvalue weighted by molar-refractivity contribution is 5.79. The Labute approximate surface area is 48.5 Å². The van der Waals surface area contributed by atoms with Crippen LogP contribution in [0.5, 0.6) is 0 Å². The molecule has 0 radical (unpaired) electrons. The SMILES string of the molecule is CC(C(N)=O)N1CC1. The average molecular weight is 114 g/mol. The fourth-order valence-electron chi connectivity index (χ4n) is 0.625. The lowest BCUT2D eigenvalue weighted by molar-refractivity contribution is -0.120. The third-order valence-electron chi connectivity index (χ3n) is 1.44. The van der Waals surface area contributed by atoms with Crippen LogP contribution in [0.25, 0.3) is 0 Å². The fraction of sp³-hybridized carbons (Fsp3) is 0.800. The summed E-state index contributed by atoms with van der Waals surface area (Å²) >= 11 is 0. The molecule has 46 valence electrons. The first kappa shape index (κ1) is 5.56. The summed E-state index contributed by atoms with van der Waals surface area (Å²) in [4.78, 5) is 12.4. The Kier molecular flexibility index (Phi) is 1.21. The van der Waals surface area contributed by atoms with E-state index in [9.17, 15) is 4.79 Å². The molecule has 8 heavy (non-hydrogen) atoms. The van der Waals surface area contributed by atoms with E-state index in [4.69, 9.17) is 5.73 Å². The summed E-state index contributed by atoms with van der Waals surface area (Å²) in [6.45, 7) is 3.89. The molecule has 3 heteroatoms. The number of primary amides is 1. The normalized spacial score (nSPS) is 22.6. The van der Waals surface area contributed by atoms with Crippen LogP contribution in [0.1, 0.15) is 6.92 Å². The molecule has 1 aliphatic rings. The van der Waals surface area contributed by atoms with Crippen molar-refractivity contribution in [2.24, 2.45) is 5.73 Å². The number of carbonyl (C=O) groups excluding carboxylic acids is 1. The number of nitrogens with two attached hydrogens (primary N) is 1. The van der Waals surface area contributed by atoms with Gasteiger partial charge < -0.3 is 5.73 Å². The van der Waals surface area contributed by atoms with Crippen molar-refractivity contribution in [3.05, 3.63) is 0 Å². The van der Waals surface area contributed by atoms with Gasteiger partial charge in [-0.25, -0.2) is 0 Å². The van der Waals surface area contributed by atoms with Crippen LogP contribution in [0.3, 0.4) is 0 Å². The average Bonchev–Trinajstić information content (AvgIpc) is 2.43. The van der Waals surface area contributed by atoms with E-state index in [0.29, 0.717) is 0 Å². The minimum absolute atomic E-state index is 0.0463. The Morgan fingerprint density at radius 3 is 2.38 bits per heavy atom. The van der Waals surface area contributed by atoms with E-state index in [-0.39, 0.29) is 11.9 Å². The zero-order chi connectivity index (χ0) is 6.15. The van der Waals surface area contributed by atoms with Crippen molar-refractivity contribution in [1.29, 1.82) is 0 Å². The quantitative estimate of drug-likeness (QED) is 0.476. The number of rotatable bonds is 2. The van der Waals surface area contributed by atoms with Gasteiger partial charge in [-0.1, -0.05) is 0 Å². The van der Waals surface area contributed by atoms with Crippen LogP contribution in [0, 0.1) is 0 Å². The summed E-state index contributed by atoms with van der Waals surface area (Å²) in [6.07, 6.45) is 0. The van der Waals surface area contributed by atoms with Gasteiger partial charge in [-0.2, -0.15) is 0 Å². The third-order valence-corrected chi connectivity index (χ3v) is 1.44. The lowest BCUT2D eigenvalue weighted by Gasteiger charge is -2.04. The predicted molar refractivity (Wildman–Crippen MR) is 30.2 cm³/mol. The van der Waals surface area contributed by atoms with Crippen LogP contribution in [0.15, 0.2) is 0 Å². The monoisotopic (exact) mass is 114 g/mol. The Hall–Kier alpha value is -0.570. The van der Waals surface area contributed by atoms with Gasteiger partial charge in [0.15, 0.2) is 0 Å². The molecule has 1 amide bonds. The van der Waals surface area contributed by atoms with Crippen LogP contribution in [0.4, 0.5) is 0 Å². The fourth-order valence-corrected chi connectivity index (χ4v) is 0.625. The number of carbonyl (C=O) groups is 1. The molecule has 0 spiro atoms. The molecule has 1 rings (SSSR count). The molecule has 0 saturated carbocycles. The second-order valence-electron chi connectivity index (χ2n) is 2.11. The molecule has 2 N–H and O–H groups in total. The van der Waals surface area contributed by atoms with Gasteiger partial charge in [0.2, 0.25) is 5.91 Å². The Bertz CT molecular complexity index is 109. The minimum atomic E-state index is -0.220. The van der Waals surface area contributed by atoms with Gasteiger partial charge in [-0.05, 0) is 6.92 Å². The van der Waals surface area contributed by atoms with Gasteiger partial charge in [0, 0.05) is 13.1 Å². The Morgan fingerprint density at radius 1 is 1.75 bits per heavy atom. The lowest BCUT2D eigenvalue weighted by atomic mass is 10.3. The molecule has 1 aliphatic heterocycles. The predicted octanol–water partition coefficient (Wildman–Crippen LogP) is -0.824. The van der Waals surface area contributed by atoms with Crippen molar-refractivity contribution in [1.82, 2.24) is 4.90 Å². The van der Waals surface area contributed by atoms with Crippen molar-refractivity contribution in [3.63, 3.8) is 0 Å². The number of nitrogens with zero attached hydrogens (tertiary/aromatic N) is 1. The maximum Gasteiger partial charge on any atom is 0.234 e. The molecule has 1 fully saturated rings. The molecule has 1 atom stereocenters. The van der Waals surface area contributed by atoms with E-state index in [0.717, 1.165) is 13.1 Å². The van der Waals surface area contributed by atoms with E-state index in [1.54, 1.807) is 0 Å². The first-order valence-corrected chi connectivity index (χ1v) is 2.75. The Balaban J connectivity index is 2.32. The summed E-state index contributed by atoms with van der Waals surface area (Å²) in [6, 6.07) is -0.0463. The first-order chi connectivity index (χ1) is 3.72. The van der Waals surface area contributed by atoms with E-state index < -0.39 is 0 Å². The van der Waals surface area contributed by atoms with Crippen LogP contribution in [-0.4, -0.2) is 29.9 Å². The number of amides is 1. The maximum atomic E-state index is 10.4. The summed E-state index contributed by atoms with van der Waals surface area (Å²) in [5, 5.41) is 0. The molecule has 0 aliphatic carbocycles. The van der Waals surface area contributed by atoms with Crippen molar-refractivity contribution < 1.29 is 4.79 Å². The molecule has 3 nitrogen and oxygen atoms in total. The summed E-state index contributed by atoms with van der Waals surface area (Å²) in [5.41, 5.74) is 5.00. The van der Waals surface area contributed by atoms with Gasteiger partial charge in [0.05, 0.1) is 6.04 Å². The molecule has 1 unspecified atom stereocenters. The summed E-state index contributed by atoms with van der Waals surface area (Å²) in [7, 11) is 0. The molecule has 1 saturated heterocycles. The smallest absolute Gasteiger partial charge is 0.234 e. The van der Waals surface area contributed by atoms with E-state index in [1.165, 1.54) is 0 Å². The van der Waals surface area contributed by atoms with E-state index >= 15 is 0 Å². The summed E-state index contributed by atoms with van der Waals surface area (Å²) < 4.78 is 0. The second kappa shape index (κ2) is 1.74. The highest BCUT2D eigenvalue weighted by Gasteiger charge is 2.26. The second-order valence-corrected chi connectivity index (χ2v) is 2.11. The largest absolute Gasteiger partial charge is 0.368 e. The maximum absolute atomic E-state index is 10.4. The highest BCUT2D eigenvalue weighted by Crippen LogP contribution is 2.08. The van der Waals surface area contributed by atoms with Gasteiger partial charge >= 0.3 is 0 Å². The third kappa shape index (κ3) is 0.980. The number of hydrogen-bond acceptors (Lipinski definition) is 2. The van der Waals surface area contributed by atoms with Gasteiger partial charge in [0.1, 0.15) is 0 Å². The zero-order valence-electron chi connectivity index (χ0n) is 4.92. The first-order valence-electron chi connectivity index (χ1n) is 2.75. The highest BCUT2D eigenvalue weighted by atomic mass is 16.1. The summed E-state index contributed by atoms with van der Waals surface area (Å²) in [5.74, 6) is -0.220. The van der Waals surface area contributed by atoms with Crippen molar-refractivity contribution in [2.75, 3.05) is 13.1 Å². The van der Waals surface area contributed by atoms with Crippen LogP contribution in [0.2, 0.25) is 0 Å². The molecule has 0 aromatic heterocycles. The topological polar surface area (TPSA) is 46.1 Å². The minimum Gasteiger partial charge on any atom is -0.368 e. The van der Waals surface area contributed by atoms with Gasteiger partial charge in [-0.3, -0.25) is 9.69 Å². The van der Waals surface area contributed by atoms with Crippen LogP contribution >= 0.6 is 0 Å². The molecule has 0 bridgehead atoms. The number of hydrogen-bond donors (Lipinski definition) is 1. The standard InChI is InChI=1S/C5H10N2O/c1-4(5(6)8)7-2-3-7/h4H,2-3H2,1H3,(H2,6,8). The molecular weight excluding hydrogens is 104 g/mol. The lowest BCUT2D eigenvalue weighted by Crippen LogP contribution is -2.31. The van der Waals surface area contributed by atoms with E-state index in [2.05, 4.69) is 0 Å². The van der Waals surface area contributed by atoms with Crippen LogP contribution in [-0.2, 0) is 4.79 Å². The zero-order valence-corrected chi connectivity index (χ0v) is 4.92. The van der Waals surface area contributed by atoms with Crippen molar-refractivity contribution >= 4 is 5.91 Å². The molecule has 1 heterocycles. The molecule has 0 aromatic carbocycles.